The van der Waals surface area contributed by atoms with Gasteiger partial charge in [-0.1, -0.05) is 121 Å². The summed E-state index contributed by atoms with van der Waals surface area (Å²) in [5.74, 6) is 0. The Morgan fingerprint density at radius 2 is 0.925 bits per heavy atom. The fourth-order valence-electron chi connectivity index (χ4n) is 9.31. The monoisotopic (exact) mass is 673 g/mol. The van der Waals surface area contributed by atoms with Crippen LogP contribution in [0.1, 0.15) is 27.8 Å². The molecule has 3 nitrogen and oxygen atoms in total. The van der Waals surface area contributed by atoms with Crippen LogP contribution in [0.5, 0.6) is 0 Å². The lowest BCUT2D eigenvalue weighted by Crippen LogP contribution is -2.26. The van der Waals surface area contributed by atoms with E-state index in [1.807, 2.05) is 12.1 Å². The minimum Gasteiger partial charge on any atom is -0.310 e. The van der Waals surface area contributed by atoms with E-state index >= 15 is 0 Å². The third kappa shape index (κ3) is 4.04. The predicted octanol–water partition coefficient (Wildman–Crippen LogP) is 12.5. The highest BCUT2D eigenvalue weighted by Gasteiger charge is 2.51. The normalized spacial score (nSPS) is 13.0. The van der Waals surface area contributed by atoms with Gasteiger partial charge in [-0.3, -0.25) is 0 Å². The zero-order valence-corrected chi connectivity index (χ0v) is 28.7. The summed E-state index contributed by atoms with van der Waals surface area (Å²) in [6.45, 7) is 0. The van der Waals surface area contributed by atoms with Crippen molar-refractivity contribution in [2.24, 2.45) is 0 Å². The van der Waals surface area contributed by atoms with Crippen molar-refractivity contribution >= 4 is 38.9 Å². The topological polar surface area (TPSA) is 32.0 Å². The van der Waals surface area contributed by atoms with Crippen molar-refractivity contribution in [2.45, 2.75) is 5.41 Å². The summed E-state index contributed by atoms with van der Waals surface area (Å²) in [7, 11) is 0. The van der Waals surface area contributed by atoms with Crippen molar-refractivity contribution in [2.75, 3.05) is 4.90 Å². The van der Waals surface area contributed by atoms with E-state index in [1.165, 1.54) is 60.8 Å². The van der Waals surface area contributed by atoms with Crippen LogP contribution in [-0.2, 0) is 5.41 Å². The molecule has 0 atom stereocenters. The van der Waals surface area contributed by atoms with E-state index in [9.17, 15) is 5.26 Å². The minimum atomic E-state index is -0.449. The molecule has 0 aliphatic heterocycles. The maximum absolute atomic E-state index is 9.73. The highest BCUT2D eigenvalue weighted by molar-refractivity contribution is 6.10. The van der Waals surface area contributed by atoms with E-state index in [-0.39, 0.29) is 0 Å². The second-order valence-corrected chi connectivity index (χ2v) is 14.0. The third-order valence-electron chi connectivity index (χ3n) is 11.4. The van der Waals surface area contributed by atoms with Gasteiger partial charge in [0.15, 0.2) is 0 Å². The number of nitrogens with zero attached hydrogens (tertiary/aromatic N) is 3. The molecule has 11 rings (SSSR count). The number of hydrogen-bond donors (Lipinski definition) is 0. The number of aromatic nitrogens is 1. The number of para-hydroxylation sites is 2. The molecule has 8 aromatic carbocycles. The maximum atomic E-state index is 9.73. The van der Waals surface area contributed by atoms with Crippen LogP contribution in [0.15, 0.2) is 188 Å². The molecular formula is C50H31N3. The van der Waals surface area contributed by atoms with E-state index in [4.69, 9.17) is 0 Å². The summed E-state index contributed by atoms with van der Waals surface area (Å²) < 4.78 is 2.37. The summed E-state index contributed by atoms with van der Waals surface area (Å²) in [4.78, 5) is 2.34. The highest BCUT2D eigenvalue weighted by atomic mass is 15.1. The molecule has 9 aromatic rings. The Bertz CT molecular complexity index is 2900. The average Bonchev–Trinajstić information content (AvgIpc) is 3.83. The highest BCUT2D eigenvalue weighted by Crippen LogP contribution is 2.63. The average molecular weight is 674 g/mol. The summed E-state index contributed by atoms with van der Waals surface area (Å²) in [5, 5.41) is 12.2. The molecule has 0 saturated carbocycles. The molecule has 0 radical (unpaired) electrons. The smallest absolute Gasteiger partial charge is 0.0991 e. The first kappa shape index (κ1) is 29.6. The summed E-state index contributed by atoms with van der Waals surface area (Å²) in [5.41, 5.74) is 17.1. The van der Waals surface area contributed by atoms with Crippen LogP contribution in [0.4, 0.5) is 17.1 Å². The molecule has 246 valence electrons. The maximum Gasteiger partial charge on any atom is 0.0991 e. The van der Waals surface area contributed by atoms with Crippen LogP contribution >= 0.6 is 0 Å². The number of fused-ring (bicyclic) bond motifs is 13. The molecule has 0 amide bonds. The molecule has 53 heavy (non-hydrogen) atoms. The van der Waals surface area contributed by atoms with Gasteiger partial charge in [-0.05, 0) is 111 Å². The molecule has 1 spiro atoms. The molecular weight excluding hydrogens is 643 g/mol. The van der Waals surface area contributed by atoms with Gasteiger partial charge in [0.1, 0.15) is 0 Å². The van der Waals surface area contributed by atoms with Crippen molar-refractivity contribution in [1.82, 2.24) is 4.57 Å². The lowest BCUT2D eigenvalue weighted by Gasteiger charge is -2.32. The Labute approximate surface area is 307 Å². The number of rotatable bonds is 4. The van der Waals surface area contributed by atoms with Crippen LogP contribution in [0.25, 0.3) is 49.7 Å². The number of benzene rings is 8. The second-order valence-electron chi connectivity index (χ2n) is 14.0. The van der Waals surface area contributed by atoms with Crippen LogP contribution < -0.4 is 4.90 Å². The van der Waals surface area contributed by atoms with Crippen molar-refractivity contribution in [3.05, 3.63) is 216 Å². The van der Waals surface area contributed by atoms with Crippen LogP contribution in [0.3, 0.4) is 0 Å². The predicted molar refractivity (Wildman–Crippen MR) is 216 cm³/mol. The van der Waals surface area contributed by atoms with Crippen molar-refractivity contribution < 1.29 is 0 Å². The summed E-state index contributed by atoms with van der Waals surface area (Å²) in [6.07, 6.45) is 0. The van der Waals surface area contributed by atoms with E-state index < -0.39 is 5.41 Å². The Morgan fingerprint density at radius 1 is 0.415 bits per heavy atom. The fourth-order valence-corrected chi connectivity index (χ4v) is 9.31. The molecule has 0 bridgehead atoms. The second kappa shape index (κ2) is 11.2. The van der Waals surface area contributed by atoms with Gasteiger partial charge in [-0.25, -0.2) is 0 Å². The molecule has 3 heteroatoms. The van der Waals surface area contributed by atoms with Gasteiger partial charge in [-0.2, -0.15) is 5.26 Å². The molecule has 2 aliphatic carbocycles. The number of hydrogen-bond acceptors (Lipinski definition) is 2. The standard InChI is InChI=1S/C50H31N3/c51-32-33-22-24-35(25-23-33)52(37-27-29-43-42-17-7-11-21-48(42)53(49(43)31-37)34-12-2-1-3-13-34)36-26-28-41-40-16-6-10-20-46(40)50(47(41)30-36)44-18-8-4-14-38(44)39-15-5-9-19-45(39)50/h1-31H. The number of nitriles is 1. The molecule has 1 aromatic heterocycles. The van der Waals surface area contributed by atoms with Crippen molar-refractivity contribution in [3.63, 3.8) is 0 Å². The zero-order valence-electron chi connectivity index (χ0n) is 28.7. The SMILES string of the molecule is N#Cc1ccc(N(c2ccc3c(c2)C2(c4ccccc4-c4ccccc42)c2ccccc2-3)c2ccc3c4ccccc4n(-c4ccccc4)c3c2)cc1. The lowest BCUT2D eigenvalue weighted by molar-refractivity contribution is 0.793. The molecule has 2 aliphatic rings. The van der Waals surface area contributed by atoms with Gasteiger partial charge in [0.25, 0.3) is 0 Å². The summed E-state index contributed by atoms with van der Waals surface area (Å²) in [6, 6.07) is 70.1. The van der Waals surface area contributed by atoms with Gasteiger partial charge < -0.3 is 9.47 Å². The van der Waals surface area contributed by atoms with Gasteiger partial charge in [0.05, 0.1) is 28.1 Å². The van der Waals surface area contributed by atoms with Gasteiger partial charge in [-0.15, -0.1) is 0 Å². The van der Waals surface area contributed by atoms with E-state index in [0.717, 1.165) is 28.3 Å². The van der Waals surface area contributed by atoms with E-state index in [0.29, 0.717) is 5.56 Å². The fraction of sp³-hybridized carbons (Fsp3) is 0.0200. The molecule has 0 fully saturated rings. The summed E-state index contributed by atoms with van der Waals surface area (Å²) >= 11 is 0. The van der Waals surface area contributed by atoms with E-state index in [2.05, 4.69) is 191 Å². The molecule has 0 N–H and O–H groups in total. The van der Waals surface area contributed by atoms with Crippen LogP contribution in [0, 0.1) is 11.3 Å². The quantitative estimate of drug-likeness (QED) is 0.186. The minimum absolute atomic E-state index is 0.449. The van der Waals surface area contributed by atoms with Crippen LogP contribution in [-0.4, -0.2) is 4.57 Å². The third-order valence-corrected chi connectivity index (χ3v) is 11.4. The van der Waals surface area contributed by atoms with Gasteiger partial charge >= 0.3 is 0 Å². The Balaban J connectivity index is 1.19. The number of anilines is 3. The molecule has 0 saturated heterocycles. The Kier molecular flexibility index (Phi) is 6.23. The molecule has 1 heterocycles. The van der Waals surface area contributed by atoms with Gasteiger partial charge in [0.2, 0.25) is 0 Å². The largest absolute Gasteiger partial charge is 0.310 e. The molecule has 0 unspecified atom stereocenters. The first-order chi connectivity index (χ1) is 26.3. The zero-order chi connectivity index (χ0) is 35.1. The Morgan fingerprint density at radius 3 is 1.58 bits per heavy atom. The van der Waals surface area contributed by atoms with Crippen molar-refractivity contribution in [1.29, 1.82) is 5.26 Å². The van der Waals surface area contributed by atoms with Gasteiger partial charge in [0, 0.05) is 33.5 Å². The van der Waals surface area contributed by atoms with Crippen molar-refractivity contribution in [3.8, 4) is 34.0 Å². The first-order valence-electron chi connectivity index (χ1n) is 18.1. The van der Waals surface area contributed by atoms with E-state index in [1.54, 1.807) is 0 Å². The first-order valence-corrected chi connectivity index (χ1v) is 18.1. The van der Waals surface area contributed by atoms with Crippen LogP contribution in [0.2, 0.25) is 0 Å². The lowest BCUT2D eigenvalue weighted by atomic mass is 9.70. The Hall–Kier alpha value is -7.15.